The van der Waals surface area contributed by atoms with Gasteiger partial charge in [0.15, 0.2) is 0 Å². The maximum absolute atomic E-state index is 13.7. The summed E-state index contributed by atoms with van der Waals surface area (Å²) < 4.78 is 6.06. The first-order chi connectivity index (χ1) is 20.1. The average Bonchev–Trinajstić information content (AvgIpc) is 3.34. The average molecular weight is 602 g/mol. The molecule has 7 nitrogen and oxygen atoms in total. The van der Waals surface area contributed by atoms with Crippen LogP contribution in [-0.2, 0) is 19.4 Å². The summed E-state index contributed by atoms with van der Waals surface area (Å²) in [5.41, 5.74) is 4.17. The van der Waals surface area contributed by atoms with E-state index in [1.807, 2.05) is 24.3 Å². The Labute approximate surface area is 254 Å². The third-order valence-electron chi connectivity index (χ3n) is 7.58. The maximum Gasteiger partial charge on any atom is 0.269 e. The molecular weight excluding hydrogens is 570 g/mol. The number of hydrogen-bond donors (Lipinski definition) is 1. The lowest BCUT2D eigenvalue weighted by Crippen LogP contribution is -2.27. The van der Waals surface area contributed by atoms with Crippen LogP contribution >= 0.6 is 22.9 Å². The van der Waals surface area contributed by atoms with Crippen LogP contribution < -0.4 is 10.1 Å². The van der Waals surface area contributed by atoms with Gasteiger partial charge in [-0.1, -0.05) is 44.5 Å². The highest BCUT2D eigenvalue weighted by molar-refractivity contribution is 7.16. The van der Waals surface area contributed by atoms with E-state index in [-0.39, 0.29) is 23.6 Å². The van der Waals surface area contributed by atoms with Gasteiger partial charge in [0.05, 0.1) is 10.5 Å². The van der Waals surface area contributed by atoms with Crippen molar-refractivity contribution in [1.29, 1.82) is 0 Å². The fourth-order valence-electron chi connectivity index (χ4n) is 5.08. The number of nitro benzene ring substituents is 1. The summed E-state index contributed by atoms with van der Waals surface area (Å²) in [6.45, 7) is 7.07. The second-order valence-electron chi connectivity index (χ2n) is 11.5. The van der Waals surface area contributed by atoms with Crippen LogP contribution in [0.3, 0.4) is 0 Å². The minimum atomic E-state index is -0.425. The van der Waals surface area contributed by atoms with Gasteiger partial charge in [-0.15, -0.1) is 11.3 Å². The van der Waals surface area contributed by atoms with E-state index < -0.39 is 4.92 Å². The van der Waals surface area contributed by atoms with Crippen molar-refractivity contribution < 1.29 is 14.5 Å². The first kappa shape index (κ1) is 29.5. The van der Waals surface area contributed by atoms with Crippen molar-refractivity contribution in [3.63, 3.8) is 0 Å². The largest absolute Gasteiger partial charge is 0.488 e. The fourth-order valence-corrected chi connectivity index (χ4v) is 6.48. The van der Waals surface area contributed by atoms with Crippen LogP contribution in [0.15, 0.2) is 77.8 Å². The van der Waals surface area contributed by atoms with Gasteiger partial charge < -0.3 is 10.1 Å². The number of para-hydroxylation sites is 1. The van der Waals surface area contributed by atoms with Crippen LogP contribution in [0.2, 0.25) is 5.02 Å². The zero-order chi connectivity index (χ0) is 29.9. The van der Waals surface area contributed by atoms with E-state index in [2.05, 4.69) is 26.1 Å². The molecule has 9 heteroatoms. The predicted octanol–water partition coefficient (Wildman–Crippen LogP) is 9.04. The van der Waals surface area contributed by atoms with Crippen LogP contribution in [0.5, 0.6) is 5.75 Å². The number of ether oxygens (including phenoxy) is 1. The maximum atomic E-state index is 13.7. The van der Waals surface area contributed by atoms with Gasteiger partial charge in [-0.3, -0.25) is 14.9 Å². The second kappa shape index (κ2) is 12.5. The number of thiophene rings is 1. The molecule has 0 radical (unpaired) electrons. The first-order valence-corrected chi connectivity index (χ1v) is 15.0. The summed E-state index contributed by atoms with van der Waals surface area (Å²) in [6, 6.07) is 20.9. The first-order valence-electron chi connectivity index (χ1n) is 13.8. The molecule has 1 amide bonds. The predicted molar refractivity (Wildman–Crippen MR) is 170 cm³/mol. The molecule has 42 heavy (non-hydrogen) atoms. The van der Waals surface area contributed by atoms with E-state index >= 15 is 0 Å². The highest BCUT2D eigenvalue weighted by atomic mass is 35.5. The molecule has 1 aromatic heterocycles. The normalized spacial score (nSPS) is 14.9. The van der Waals surface area contributed by atoms with Crippen LogP contribution in [0.4, 0.5) is 16.4 Å². The summed E-state index contributed by atoms with van der Waals surface area (Å²) in [6.07, 6.45) is 4.52. The monoisotopic (exact) mass is 601 g/mol. The van der Waals surface area contributed by atoms with E-state index in [1.54, 1.807) is 53.9 Å². The standard InChI is InChI=1S/C33H32ClN3O4S/c1-33(2,3)23-10-17-27-29(18-23)42-32(30(27)31(38)36-25-13-11-24(34)12-14-25)35-19-22-6-4-5-7-28(22)41-20-21-8-15-26(16-9-21)37(39)40/h4-9,11-16,19,23H,10,17-18,20H2,1-3H3,(H,36,38)/t23-/m0/s1. The molecule has 0 saturated heterocycles. The van der Waals surface area contributed by atoms with Crippen LogP contribution in [-0.4, -0.2) is 17.0 Å². The number of fused-ring (bicyclic) bond motifs is 1. The van der Waals surface area contributed by atoms with Gasteiger partial charge in [0.1, 0.15) is 17.4 Å². The molecule has 1 N–H and O–H groups in total. The summed E-state index contributed by atoms with van der Waals surface area (Å²) in [7, 11) is 0. The van der Waals surface area contributed by atoms with Crippen LogP contribution in [0.25, 0.3) is 0 Å². The summed E-state index contributed by atoms with van der Waals surface area (Å²) in [5.74, 6) is 0.973. The third-order valence-corrected chi connectivity index (χ3v) is 9.00. The second-order valence-corrected chi connectivity index (χ2v) is 13.0. The molecule has 3 aromatic carbocycles. The van der Waals surface area contributed by atoms with E-state index in [1.165, 1.54) is 17.0 Å². The van der Waals surface area contributed by atoms with Gasteiger partial charge in [0.25, 0.3) is 11.6 Å². The van der Waals surface area contributed by atoms with Crippen molar-refractivity contribution in [2.24, 2.45) is 16.3 Å². The molecule has 5 rings (SSSR count). The van der Waals surface area contributed by atoms with Crippen molar-refractivity contribution in [3.05, 3.63) is 115 Å². The Morgan fingerprint density at radius 1 is 1.12 bits per heavy atom. The van der Waals surface area contributed by atoms with E-state index in [9.17, 15) is 14.9 Å². The Hall–Kier alpha value is -4.01. The number of non-ortho nitro benzene ring substituents is 1. The zero-order valence-corrected chi connectivity index (χ0v) is 25.3. The lowest BCUT2D eigenvalue weighted by molar-refractivity contribution is -0.384. The van der Waals surface area contributed by atoms with Crippen molar-refractivity contribution in [2.45, 2.75) is 46.6 Å². The molecule has 0 saturated carbocycles. The minimum Gasteiger partial charge on any atom is -0.488 e. The van der Waals surface area contributed by atoms with Gasteiger partial charge in [-0.25, -0.2) is 4.99 Å². The highest BCUT2D eigenvalue weighted by Crippen LogP contribution is 2.45. The van der Waals surface area contributed by atoms with Gasteiger partial charge in [-0.05, 0) is 90.3 Å². The molecule has 0 bridgehead atoms. The molecule has 0 fully saturated rings. The number of carbonyl (C=O) groups excluding carboxylic acids is 1. The Morgan fingerprint density at radius 3 is 2.52 bits per heavy atom. The summed E-state index contributed by atoms with van der Waals surface area (Å²) >= 11 is 7.63. The number of hydrogen-bond acceptors (Lipinski definition) is 6. The quantitative estimate of drug-likeness (QED) is 0.124. The molecule has 216 valence electrons. The van der Waals surface area contributed by atoms with Crippen LogP contribution in [0.1, 0.15) is 59.1 Å². The number of halogens is 1. The van der Waals surface area contributed by atoms with Gasteiger partial charge in [0.2, 0.25) is 0 Å². The molecule has 1 atom stereocenters. The molecule has 1 aliphatic rings. The highest BCUT2D eigenvalue weighted by Gasteiger charge is 2.33. The topological polar surface area (TPSA) is 93.8 Å². The van der Waals surface area contributed by atoms with Crippen molar-refractivity contribution in [3.8, 4) is 5.75 Å². The number of nitrogens with zero attached hydrogens (tertiary/aromatic N) is 2. The molecule has 1 aliphatic carbocycles. The molecule has 0 spiro atoms. The van der Waals surface area contributed by atoms with E-state index in [4.69, 9.17) is 21.3 Å². The number of rotatable bonds is 8. The Morgan fingerprint density at radius 2 is 1.83 bits per heavy atom. The number of aliphatic imine (C=N–C) groups is 1. The molecule has 0 aliphatic heterocycles. The minimum absolute atomic E-state index is 0.0367. The fraction of sp³-hybridized carbons (Fsp3) is 0.273. The number of nitrogens with one attached hydrogen (secondary N) is 1. The summed E-state index contributed by atoms with van der Waals surface area (Å²) in [4.78, 5) is 30.3. The van der Waals surface area contributed by atoms with Crippen molar-refractivity contribution in [1.82, 2.24) is 0 Å². The number of amides is 1. The van der Waals surface area contributed by atoms with E-state index in [0.717, 1.165) is 36.0 Å². The van der Waals surface area contributed by atoms with Gasteiger partial charge >= 0.3 is 0 Å². The number of benzene rings is 3. The third kappa shape index (κ3) is 6.89. The van der Waals surface area contributed by atoms with E-state index in [0.29, 0.717) is 32.9 Å². The zero-order valence-electron chi connectivity index (χ0n) is 23.7. The smallest absolute Gasteiger partial charge is 0.269 e. The van der Waals surface area contributed by atoms with Gasteiger partial charge in [-0.2, -0.15) is 0 Å². The lowest BCUT2D eigenvalue weighted by Gasteiger charge is -2.33. The number of anilines is 1. The molecule has 1 heterocycles. The van der Waals surface area contributed by atoms with Gasteiger partial charge in [0, 0.05) is 39.5 Å². The Kier molecular flexibility index (Phi) is 8.75. The summed E-state index contributed by atoms with van der Waals surface area (Å²) in [5, 5.41) is 15.3. The molecule has 4 aromatic rings. The SMILES string of the molecule is CC(C)(C)[C@H]1CCc2c(sc(N=Cc3ccccc3OCc3ccc([N+](=O)[O-])cc3)c2C(=O)Nc2ccc(Cl)cc2)C1. The van der Waals surface area contributed by atoms with Crippen molar-refractivity contribution >= 4 is 51.4 Å². The molecular formula is C33H32ClN3O4S. The molecule has 0 unspecified atom stereocenters. The number of carbonyl (C=O) groups is 1. The van der Waals surface area contributed by atoms with Crippen molar-refractivity contribution in [2.75, 3.05) is 5.32 Å². The Balaban J connectivity index is 1.42. The lowest BCUT2D eigenvalue weighted by atomic mass is 9.72. The van der Waals surface area contributed by atoms with Crippen LogP contribution in [0, 0.1) is 21.4 Å². The Bertz CT molecular complexity index is 1620. The number of nitro groups is 1.